The Balaban J connectivity index is 1.40. The van der Waals surface area contributed by atoms with Gasteiger partial charge >= 0.3 is 0 Å². The number of nitrogens with zero attached hydrogens (tertiary/aromatic N) is 3. The number of hydrogen-bond acceptors (Lipinski definition) is 5. The van der Waals surface area contributed by atoms with Gasteiger partial charge < -0.3 is 14.8 Å². The summed E-state index contributed by atoms with van der Waals surface area (Å²) < 4.78 is 28.5. The van der Waals surface area contributed by atoms with E-state index in [4.69, 9.17) is 21.1 Å². The van der Waals surface area contributed by atoms with Crippen molar-refractivity contribution >= 4 is 23.2 Å². The standard InChI is InChI=1S/C29H20ClFN4O3/c30-22-7-6-18(31)13-20(22)28-27-21(29(36)34-28)11-17(16-5-8-26-32-15-33-35(26)14-16)12-25(27)38-24-9-10-37-23-4-2-1-3-19(23)24/h1-8,11-15,24,28H,9-10H2,(H,34,36). The highest BCUT2D eigenvalue weighted by Crippen LogP contribution is 2.45. The minimum Gasteiger partial charge on any atom is -0.493 e. The topological polar surface area (TPSA) is 77.8 Å². The van der Waals surface area contributed by atoms with Gasteiger partial charge in [-0.05, 0) is 54.1 Å². The number of pyridine rings is 1. The van der Waals surface area contributed by atoms with Gasteiger partial charge in [-0.2, -0.15) is 5.10 Å². The van der Waals surface area contributed by atoms with Crippen molar-refractivity contribution in [3.8, 4) is 22.6 Å². The lowest BCUT2D eigenvalue weighted by atomic mass is 9.93. The van der Waals surface area contributed by atoms with E-state index >= 15 is 0 Å². The monoisotopic (exact) mass is 526 g/mol. The molecule has 9 heteroatoms. The smallest absolute Gasteiger partial charge is 0.252 e. The van der Waals surface area contributed by atoms with E-state index in [1.165, 1.54) is 24.5 Å². The van der Waals surface area contributed by atoms with Crippen LogP contribution in [0.1, 0.15) is 45.6 Å². The number of halogens is 2. The van der Waals surface area contributed by atoms with Gasteiger partial charge in [0.1, 0.15) is 29.7 Å². The van der Waals surface area contributed by atoms with Gasteiger partial charge in [-0.3, -0.25) is 4.79 Å². The van der Waals surface area contributed by atoms with Gasteiger partial charge in [-0.25, -0.2) is 13.9 Å². The second kappa shape index (κ2) is 8.85. The van der Waals surface area contributed by atoms with E-state index in [1.54, 1.807) is 4.52 Å². The van der Waals surface area contributed by atoms with Gasteiger partial charge in [0.05, 0.1) is 12.6 Å². The molecule has 1 amide bonds. The second-order valence-electron chi connectivity index (χ2n) is 9.27. The number of fused-ring (bicyclic) bond motifs is 3. The number of para-hydroxylation sites is 1. The van der Waals surface area contributed by atoms with Crippen LogP contribution in [-0.2, 0) is 0 Å². The van der Waals surface area contributed by atoms with Crippen molar-refractivity contribution in [2.45, 2.75) is 18.6 Å². The first-order valence-corrected chi connectivity index (χ1v) is 12.5. The third kappa shape index (κ3) is 3.76. The quantitative estimate of drug-likeness (QED) is 0.314. The van der Waals surface area contributed by atoms with E-state index in [0.29, 0.717) is 46.1 Å². The molecule has 0 saturated heterocycles. The molecule has 188 valence electrons. The number of rotatable bonds is 4. The number of benzene rings is 3. The highest BCUT2D eigenvalue weighted by atomic mass is 35.5. The Labute approximate surface area is 221 Å². The average Bonchev–Trinajstić information content (AvgIpc) is 3.54. The normalized spacial score (nSPS) is 18.0. The van der Waals surface area contributed by atoms with Gasteiger partial charge in [0, 0.05) is 45.5 Å². The highest BCUT2D eigenvalue weighted by Gasteiger charge is 2.36. The van der Waals surface area contributed by atoms with Gasteiger partial charge in [0.25, 0.3) is 5.91 Å². The fourth-order valence-corrected chi connectivity index (χ4v) is 5.43. The molecule has 3 aromatic carbocycles. The number of amides is 1. The summed E-state index contributed by atoms with van der Waals surface area (Å²) >= 11 is 6.48. The molecule has 38 heavy (non-hydrogen) atoms. The van der Waals surface area contributed by atoms with Gasteiger partial charge in [0.15, 0.2) is 5.65 Å². The number of ether oxygens (including phenoxy) is 2. The lowest BCUT2D eigenvalue weighted by Gasteiger charge is -2.28. The van der Waals surface area contributed by atoms with Crippen molar-refractivity contribution in [3.63, 3.8) is 0 Å². The third-order valence-corrected chi connectivity index (χ3v) is 7.34. The summed E-state index contributed by atoms with van der Waals surface area (Å²) in [4.78, 5) is 17.5. The molecule has 5 aromatic rings. The fourth-order valence-electron chi connectivity index (χ4n) is 5.20. The SMILES string of the molecule is O=C1NC(c2cc(F)ccc2Cl)c2c(OC3CCOc4ccccc43)cc(-c3ccc4ncnn4c3)cc21. The Morgan fingerprint density at radius 1 is 1.05 bits per heavy atom. The van der Waals surface area contributed by atoms with Crippen LogP contribution >= 0.6 is 11.6 Å². The maximum absolute atomic E-state index is 14.3. The molecule has 7 rings (SSSR count). The van der Waals surface area contributed by atoms with Crippen LogP contribution in [0.4, 0.5) is 4.39 Å². The Bertz CT molecular complexity index is 1740. The van der Waals surface area contributed by atoms with Crippen LogP contribution < -0.4 is 14.8 Å². The van der Waals surface area contributed by atoms with Crippen LogP contribution in [0.5, 0.6) is 11.5 Å². The average molecular weight is 527 g/mol. The molecule has 0 radical (unpaired) electrons. The summed E-state index contributed by atoms with van der Waals surface area (Å²) in [5, 5.41) is 7.57. The third-order valence-electron chi connectivity index (χ3n) is 7.00. The van der Waals surface area contributed by atoms with Crippen molar-refractivity contribution in [2.75, 3.05) is 6.61 Å². The molecular formula is C29H20ClFN4O3. The van der Waals surface area contributed by atoms with E-state index in [1.807, 2.05) is 54.7 Å². The second-order valence-corrected chi connectivity index (χ2v) is 9.68. The van der Waals surface area contributed by atoms with Crippen LogP contribution in [0, 0.1) is 5.82 Å². The molecular weight excluding hydrogens is 507 g/mol. The number of hydrogen-bond donors (Lipinski definition) is 1. The minimum atomic E-state index is -0.669. The summed E-state index contributed by atoms with van der Waals surface area (Å²) in [6.07, 6.45) is 3.68. The molecule has 2 aliphatic rings. The van der Waals surface area contributed by atoms with Crippen LogP contribution in [0.2, 0.25) is 5.02 Å². The first kappa shape index (κ1) is 22.7. The molecule has 0 bridgehead atoms. The molecule has 0 spiro atoms. The summed E-state index contributed by atoms with van der Waals surface area (Å²) in [6, 6.07) is 18.7. The molecule has 2 atom stereocenters. The largest absolute Gasteiger partial charge is 0.493 e. The van der Waals surface area contributed by atoms with Crippen molar-refractivity contribution in [1.29, 1.82) is 0 Å². The molecule has 2 aromatic heterocycles. The Morgan fingerprint density at radius 3 is 2.87 bits per heavy atom. The van der Waals surface area contributed by atoms with E-state index in [-0.39, 0.29) is 12.0 Å². The van der Waals surface area contributed by atoms with E-state index in [9.17, 15) is 9.18 Å². The summed E-state index contributed by atoms with van der Waals surface area (Å²) in [6.45, 7) is 0.503. The zero-order valence-corrected chi connectivity index (χ0v) is 20.7. The van der Waals surface area contributed by atoms with Crippen LogP contribution in [0.3, 0.4) is 0 Å². The van der Waals surface area contributed by atoms with E-state index < -0.39 is 11.9 Å². The predicted molar refractivity (Wildman–Crippen MR) is 139 cm³/mol. The molecule has 7 nitrogen and oxygen atoms in total. The fraction of sp³-hybridized carbons (Fsp3) is 0.138. The Morgan fingerprint density at radius 2 is 1.95 bits per heavy atom. The van der Waals surface area contributed by atoms with Crippen molar-refractivity contribution < 1.29 is 18.7 Å². The minimum absolute atomic E-state index is 0.286. The predicted octanol–water partition coefficient (Wildman–Crippen LogP) is 5.92. The lowest BCUT2D eigenvalue weighted by Crippen LogP contribution is -2.21. The van der Waals surface area contributed by atoms with Crippen molar-refractivity contribution in [1.82, 2.24) is 19.9 Å². The number of carbonyl (C=O) groups excluding carboxylic acids is 1. The number of nitrogens with one attached hydrogen (secondary N) is 1. The lowest BCUT2D eigenvalue weighted by molar-refractivity contribution is 0.0960. The molecule has 0 fully saturated rings. The highest BCUT2D eigenvalue weighted by molar-refractivity contribution is 6.31. The molecule has 1 N–H and O–H groups in total. The first-order valence-electron chi connectivity index (χ1n) is 12.2. The van der Waals surface area contributed by atoms with Crippen molar-refractivity contribution in [2.24, 2.45) is 0 Å². The number of carbonyl (C=O) groups is 1. The Kier molecular flexibility index (Phi) is 5.30. The molecule has 0 aliphatic carbocycles. The summed E-state index contributed by atoms with van der Waals surface area (Å²) in [7, 11) is 0. The van der Waals surface area contributed by atoms with Crippen molar-refractivity contribution in [3.05, 3.63) is 112 Å². The zero-order chi connectivity index (χ0) is 25.8. The van der Waals surface area contributed by atoms with Crippen LogP contribution in [-0.4, -0.2) is 27.1 Å². The summed E-state index contributed by atoms with van der Waals surface area (Å²) in [5.74, 6) is 0.561. The molecule has 2 unspecified atom stereocenters. The molecule has 0 saturated carbocycles. The first-order chi connectivity index (χ1) is 18.5. The van der Waals surface area contributed by atoms with Gasteiger partial charge in [-0.1, -0.05) is 29.8 Å². The maximum Gasteiger partial charge on any atom is 0.252 e. The number of aromatic nitrogens is 3. The summed E-state index contributed by atoms with van der Waals surface area (Å²) in [5.41, 5.74) is 4.79. The Hall–Kier alpha value is -4.43. The molecule has 4 heterocycles. The van der Waals surface area contributed by atoms with Gasteiger partial charge in [0.2, 0.25) is 0 Å². The zero-order valence-electron chi connectivity index (χ0n) is 19.9. The van der Waals surface area contributed by atoms with E-state index in [2.05, 4.69) is 15.4 Å². The van der Waals surface area contributed by atoms with Gasteiger partial charge in [-0.15, -0.1) is 0 Å². The molecule has 2 aliphatic heterocycles. The maximum atomic E-state index is 14.3. The van der Waals surface area contributed by atoms with Crippen LogP contribution in [0.15, 0.2) is 79.3 Å². The van der Waals surface area contributed by atoms with Crippen LogP contribution in [0.25, 0.3) is 16.8 Å². The van der Waals surface area contributed by atoms with E-state index in [0.717, 1.165) is 22.4 Å².